The van der Waals surface area contributed by atoms with Crippen molar-refractivity contribution >= 4 is 44.4 Å². The van der Waals surface area contributed by atoms with Crippen LogP contribution >= 0.6 is 0 Å². The number of fused-ring (bicyclic) bond motifs is 3. The van der Waals surface area contributed by atoms with Gasteiger partial charge in [0.25, 0.3) is 0 Å². The van der Waals surface area contributed by atoms with E-state index in [9.17, 15) is 0 Å². The summed E-state index contributed by atoms with van der Waals surface area (Å²) in [6, 6.07) is 71.1. The molecule has 0 unspecified atom stereocenters. The topological polar surface area (TPSA) is 17.3 Å². The molecule has 0 fully saturated rings. The zero-order chi connectivity index (χ0) is 40.3. The first-order valence-electron chi connectivity index (χ1n) is 20.1. The van der Waals surface area contributed by atoms with E-state index < -0.39 is 0 Å². The van der Waals surface area contributed by atoms with Crippen LogP contribution in [0.4, 0.5) is 0 Å². The summed E-state index contributed by atoms with van der Waals surface area (Å²) in [7, 11) is 0. The minimum atomic E-state index is 0.707. The minimum absolute atomic E-state index is 0.707. The second kappa shape index (κ2) is 16.1. The monoisotopic (exact) mass is 756 g/mol. The molecular formula is C57H44N2. The summed E-state index contributed by atoms with van der Waals surface area (Å²) in [6.07, 6.45) is 2.16. The summed E-state index contributed by atoms with van der Waals surface area (Å²) >= 11 is 0. The van der Waals surface area contributed by atoms with Crippen molar-refractivity contribution in [3.63, 3.8) is 0 Å². The minimum Gasteiger partial charge on any atom is -0.309 e. The predicted octanol–water partition coefficient (Wildman–Crippen LogP) is 15.4. The SMILES string of the molecule is C=C(C)c1cccc(-c2cc(-c3ccccc3)c3c(c2)c2cc(-c4cccc(C(=C)N=C(/C=C(\C)c5ccccc5)c5ccccc5)c4)ccc2n3-c2ccccc2)c1. The Kier molecular flexibility index (Phi) is 10.1. The molecule has 0 radical (unpaired) electrons. The Hall–Kier alpha value is -7.55. The van der Waals surface area contributed by atoms with Crippen molar-refractivity contribution < 1.29 is 0 Å². The number of rotatable bonds is 10. The summed E-state index contributed by atoms with van der Waals surface area (Å²) in [5, 5.41) is 2.38. The zero-order valence-electron chi connectivity index (χ0n) is 33.4. The highest BCUT2D eigenvalue weighted by atomic mass is 15.0. The molecule has 2 nitrogen and oxygen atoms in total. The molecular weight excluding hydrogens is 713 g/mol. The molecule has 0 N–H and O–H groups in total. The highest BCUT2D eigenvalue weighted by Crippen LogP contribution is 2.43. The van der Waals surface area contributed by atoms with Gasteiger partial charge in [0, 0.05) is 33.2 Å². The first-order valence-corrected chi connectivity index (χ1v) is 20.1. The molecule has 282 valence electrons. The van der Waals surface area contributed by atoms with Crippen LogP contribution in [0, 0.1) is 0 Å². The van der Waals surface area contributed by atoms with Crippen LogP contribution in [0.3, 0.4) is 0 Å². The van der Waals surface area contributed by atoms with Crippen LogP contribution in [-0.2, 0) is 0 Å². The Bertz CT molecular complexity index is 3060. The molecule has 2 heteroatoms. The van der Waals surface area contributed by atoms with Crippen molar-refractivity contribution in [3.05, 3.63) is 242 Å². The summed E-state index contributed by atoms with van der Waals surface area (Å²) < 4.78 is 2.42. The Labute approximate surface area is 347 Å². The lowest BCUT2D eigenvalue weighted by Crippen LogP contribution is -1.99. The highest BCUT2D eigenvalue weighted by molar-refractivity contribution is 6.16. The van der Waals surface area contributed by atoms with E-state index in [0.717, 1.165) is 67.0 Å². The molecule has 1 aromatic heterocycles. The Balaban J connectivity index is 1.21. The fourth-order valence-electron chi connectivity index (χ4n) is 8.01. The largest absolute Gasteiger partial charge is 0.309 e. The van der Waals surface area contributed by atoms with Gasteiger partial charge in [-0.3, -0.25) is 0 Å². The van der Waals surface area contributed by atoms with E-state index >= 15 is 0 Å². The summed E-state index contributed by atoms with van der Waals surface area (Å²) in [4.78, 5) is 5.18. The highest BCUT2D eigenvalue weighted by Gasteiger charge is 2.20. The first-order chi connectivity index (χ1) is 28.9. The normalized spacial score (nSPS) is 11.9. The van der Waals surface area contributed by atoms with Gasteiger partial charge in [0.05, 0.1) is 22.4 Å². The summed E-state index contributed by atoms with van der Waals surface area (Å²) in [5.74, 6) is 0. The van der Waals surface area contributed by atoms with Crippen molar-refractivity contribution in [3.8, 4) is 39.1 Å². The third kappa shape index (κ3) is 7.53. The fraction of sp³-hybridized carbons (Fsp3) is 0.0351. The van der Waals surface area contributed by atoms with Gasteiger partial charge in [0.1, 0.15) is 0 Å². The van der Waals surface area contributed by atoms with E-state index in [-0.39, 0.29) is 0 Å². The fourth-order valence-corrected chi connectivity index (χ4v) is 8.01. The molecule has 0 aliphatic carbocycles. The Morgan fingerprint density at radius 1 is 0.458 bits per heavy atom. The molecule has 9 rings (SSSR count). The molecule has 0 aliphatic rings. The molecule has 0 spiro atoms. The van der Waals surface area contributed by atoms with Gasteiger partial charge in [-0.05, 0) is 113 Å². The van der Waals surface area contributed by atoms with E-state index in [0.29, 0.717) is 5.70 Å². The van der Waals surface area contributed by atoms with Gasteiger partial charge < -0.3 is 4.57 Å². The van der Waals surface area contributed by atoms with Gasteiger partial charge in [0.15, 0.2) is 0 Å². The number of benzene rings is 8. The van der Waals surface area contributed by atoms with Gasteiger partial charge in [-0.15, -0.1) is 0 Å². The zero-order valence-corrected chi connectivity index (χ0v) is 33.4. The number of nitrogens with zero attached hydrogens (tertiary/aromatic N) is 2. The molecule has 0 amide bonds. The van der Waals surface area contributed by atoms with Crippen molar-refractivity contribution in [2.24, 2.45) is 4.99 Å². The van der Waals surface area contributed by atoms with Crippen LogP contribution in [0.15, 0.2) is 224 Å². The van der Waals surface area contributed by atoms with Gasteiger partial charge in [-0.1, -0.05) is 170 Å². The standard InChI is InChI=1S/C57H44N2/c1-39(2)45-25-17-28-48(34-45)50-37-52(43-21-11-6-12-22-43)57-54(38-50)53-36-49(31-32-56(53)59(57)51-29-15-8-16-30-51)47-27-18-26-46(35-47)41(4)58-55(44-23-13-7-14-24-44)33-40(3)42-19-9-5-10-20-42/h5-38H,1,4H2,2-3H3/b40-33+,58-55?. The molecule has 1 heterocycles. The molecule has 59 heavy (non-hydrogen) atoms. The average molecular weight is 757 g/mol. The van der Waals surface area contributed by atoms with Gasteiger partial charge in [-0.25, -0.2) is 4.99 Å². The second-order valence-corrected chi connectivity index (χ2v) is 15.1. The lowest BCUT2D eigenvalue weighted by atomic mass is 9.93. The van der Waals surface area contributed by atoms with Gasteiger partial charge in [0.2, 0.25) is 0 Å². The number of allylic oxidation sites excluding steroid dienone is 3. The van der Waals surface area contributed by atoms with Crippen LogP contribution in [0.2, 0.25) is 0 Å². The predicted molar refractivity (Wildman–Crippen MR) is 254 cm³/mol. The lowest BCUT2D eigenvalue weighted by molar-refractivity contribution is 1.18. The summed E-state index contributed by atoms with van der Waals surface area (Å²) in [5.41, 5.74) is 18.5. The molecule has 0 atom stereocenters. The Morgan fingerprint density at radius 2 is 0.983 bits per heavy atom. The smallest absolute Gasteiger partial charge is 0.0712 e. The molecule has 9 aromatic rings. The van der Waals surface area contributed by atoms with E-state index in [2.05, 4.69) is 226 Å². The molecule has 0 saturated heterocycles. The number of hydrogen-bond acceptors (Lipinski definition) is 1. The number of para-hydroxylation sites is 1. The van der Waals surface area contributed by atoms with E-state index in [4.69, 9.17) is 4.99 Å². The quantitative estimate of drug-likeness (QED) is 0.124. The van der Waals surface area contributed by atoms with Crippen molar-refractivity contribution in [2.75, 3.05) is 0 Å². The van der Waals surface area contributed by atoms with E-state index in [1.54, 1.807) is 0 Å². The van der Waals surface area contributed by atoms with Crippen molar-refractivity contribution in [1.82, 2.24) is 4.57 Å². The van der Waals surface area contributed by atoms with Gasteiger partial charge >= 0.3 is 0 Å². The van der Waals surface area contributed by atoms with Crippen molar-refractivity contribution in [2.45, 2.75) is 13.8 Å². The molecule has 8 aromatic carbocycles. The average Bonchev–Trinajstić information content (AvgIpc) is 3.63. The van der Waals surface area contributed by atoms with E-state index in [1.165, 1.54) is 33.0 Å². The molecule has 0 saturated carbocycles. The van der Waals surface area contributed by atoms with Crippen molar-refractivity contribution in [1.29, 1.82) is 0 Å². The molecule has 0 aliphatic heterocycles. The maximum Gasteiger partial charge on any atom is 0.0712 e. The number of hydrogen-bond donors (Lipinski definition) is 0. The van der Waals surface area contributed by atoms with Crippen LogP contribution < -0.4 is 0 Å². The maximum atomic E-state index is 5.18. The summed E-state index contributed by atoms with van der Waals surface area (Å²) in [6.45, 7) is 12.9. The Morgan fingerprint density at radius 3 is 1.66 bits per heavy atom. The third-order valence-electron chi connectivity index (χ3n) is 11.1. The van der Waals surface area contributed by atoms with E-state index in [1.807, 2.05) is 12.1 Å². The molecule has 0 bridgehead atoms. The lowest BCUT2D eigenvalue weighted by Gasteiger charge is -2.14. The number of aliphatic imine (C=N–C) groups is 1. The van der Waals surface area contributed by atoms with Gasteiger partial charge in [-0.2, -0.15) is 0 Å². The number of aromatic nitrogens is 1. The van der Waals surface area contributed by atoms with Crippen LogP contribution in [0.5, 0.6) is 0 Å². The van der Waals surface area contributed by atoms with Crippen LogP contribution in [0.25, 0.3) is 77.7 Å². The maximum absolute atomic E-state index is 5.18. The van der Waals surface area contributed by atoms with Crippen LogP contribution in [-0.4, -0.2) is 10.3 Å². The second-order valence-electron chi connectivity index (χ2n) is 15.1. The first kappa shape index (κ1) is 37.1. The third-order valence-corrected chi connectivity index (χ3v) is 11.1. The van der Waals surface area contributed by atoms with Crippen LogP contribution in [0.1, 0.15) is 36.1 Å².